The first-order chi connectivity index (χ1) is 16.5. The molecule has 0 atom stereocenters. The van der Waals surface area contributed by atoms with Crippen molar-refractivity contribution in [3.8, 4) is 11.0 Å². The van der Waals surface area contributed by atoms with Crippen LogP contribution in [0.15, 0.2) is 57.9 Å². The number of hydrogen-bond acceptors (Lipinski definition) is 9. The Labute approximate surface area is 204 Å². The van der Waals surface area contributed by atoms with Crippen LogP contribution in [0.1, 0.15) is 22.6 Å². The minimum absolute atomic E-state index is 0.0389. The summed E-state index contributed by atoms with van der Waals surface area (Å²) in [6, 6.07) is 15.6. The summed E-state index contributed by atoms with van der Waals surface area (Å²) < 4.78 is 2.03. The number of nitrogens with one attached hydrogen (secondary N) is 1. The number of carbonyl (C=O) groups is 1. The van der Waals surface area contributed by atoms with Gasteiger partial charge in [0.1, 0.15) is 11.5 Å². The molecule has 0 bridgehead atoms. The summed E-state index contributed by atoms with van der Waals surface area (Å²) in [5.41, 5.74) is 5.15. The Balaban J connectivity index is 1.31. The normalized spacial score (nSPS) is 13.4. The van der Waals surface area contributed by atoms with Crippen LogP contribution >= 0.6 is 23.1 Å². The van der Waals surface area contributed by atoms with E-state index >= 15 is 0 Å². The Morgan fingerprint density at radius 1 is 1.15 bits per heavy atom. The maximum atomic E-state index is 12.4. The number of hydrogen-bond donors (Lipinski definition) is 2. The molecule has 10 heteroatoms. The third-order valence-corrected chi connectivity index (χ3v) is 7.08. The Morgan fingerprint density at radius 2 is 1.94 bits per heavy atom. The fraction of sp³-hybridized carbons (Fsp3) is 0.125. The van der Waals surface area contributed by atoms with Gasteiger partial charge in [0.05, 0.1) is 12.2 Å². The average Bonchev–Trinajstić information content (AvgIpc) is 3.52. The molecule has 5 rings (SSSR count). The van der Waals surface area contributed by atoms with Gasteiger partial charge in [-0.15, -0.1) is 10.2 Å². The van der Waals surface area contributed by atoms with Gasteiger partial charge in [-0.2, -0.15) is 0 Å². The lowest BCUT2D eigenvalue weighted by molar-refractivity contribution is -0.109. The molecule has 0 spiro atoms. The standard InChI is InChI=1S/C24H20N6O2S2/c1-14-7-3-5-9-18(14)26-13-21(31)33-24-29-28-23(34-24)30-15(2)27-20(22(30)32)11-16-12-25-19-10-6-4-8-17(16)19/h3-12,26,32H,13H2,1-2H3. The summed E-state index contributed by atoms with van der Waals surface area (Å²) >= 11 is 2.24. The van der Waals surface area contributed by atoms with Gasteiger partial charge in [-0.05, 0) is 49.4 Å². The number of thioether (sulfide) groups is 1. The maximum absolute atomic E-state index is 12.4. The van der Waals surface area contributed by atoms with E-state index in [-0.39, 0.29) is 17.5 Å². The summed E-state index contributed by atoms with van der Waals surface area (Å²) in [5.74, 6) is 0.524. The van der Waals surface area contributed by atoms with Gasteiger partial charge in [0.15, 0.2) is 4.34 Å². The molecule has 1 aliphatic rings. The first-order valence-electron chi connectivity index (χ1n) is 10.5. The number of imidazole rings is 1. The van der Waals surface area contributed by atoms with Crippen molar-refractivity contribution in [3.63, 3.8) is 0 Å². The molecule has 2 aromatic carbocycles. The molecular weight excluding hydrogens is 468 g/mol. The molecule has 0 saturated carbocycles. The molecule has 0 saturated heterocycles. The van der Waals surface area contributed by atoms with Gasteiger partial charge < -0.3 is 10.4 Å². The summed E-state index contributed by atoms with van der Waals surface area (Å²) in [6.45, 7) is 3.93. The topological polar surface area (TPSA) is 105 Å². The molecule has 0 fully saturated rings. The van der Waals surface area contributed by atoms with Crippen LogP contribution < -0.4 is 5.32 Å². The highest BCUT2D eigenvalue weighted by Gasteiger charge is 2.20. The van der Waals surface area contributed by atoms with Gasteiger partial charge in [0.25, 0.3) is 0 Å². The number of carbonyl (C=O) groups excluding carboxylic acids is 1. The Hall–Kier alpha value is -3.76. The number of para-hydroxylation sites is 2. The number of allylic oxidation sites excluding steroid dienone is 1. The smallest absolute Gasteiger partial charge is 0.225 e. The SMILES string of the molecule is Cc1ccccc1NCC(=O)Sc1nnc(-n2c(C)nc(C=C3C=Nc4ccccc43)c2O)s1. The average molecular weight is 489 g/mol. The lowest BCUT2D eigenvalue weighted by Crippen LogP contribution is -2.10. The van der Waals surface area contributed by atoms with Gasteiger partial charge >= 0.3 is 0 Å². The number of aromatic hydroxyl groups is 1. The molecule has 0 unspecified atom stereocenters. The van der Waals surface area contributed by atoms with Crippen molar-refractivity contribution in [3.05, 3.63) is 71.2 Å². The summed E-state index contributed by atoms with van der Waals surface area (Å²) in [7, 11) is 0. The highest BCUT2D eigenvalue weighted by molar-refractivity contribution is 8.15. The molecule has 8 nitrogen and oxygen atoms in total. The van der Waals surface area contributed by atoms with Crippen molar-refractivity contribution in [2.45, 2.75) is 18.2 Å². The predicted octanol–water partition coefficient (Wildman–Crippen LogP) is 5.03. The number of anilines is 1. The molecule has 0 amide bonds. The molecule has 1 aliphatic heterocycles. The second-order valence-electron chi connectivity index (χ2n) is 7.57. The zero-order valence-electron chi connectivity index (χ0n) is 18.4. The molecule has 4 aromatic rings. The number of fused-ring (bicyclic) bond motifs is 1. The van der Waals surface area contributed by atoms with Crippen LogP contribution in [0.5, 0.6) is 5.88 Å². The highest BCUT2D eigenvalue weighted by atomic mass is 32.2. The number of aromatic nitrogens is 4. The quantitative estimate of drug-likeness (QED) is 0.367. The van der Waals surface area contributed by atoms with Crippen LogP contribution in [0.4, 0.5) is 11.4 Å². The first-order valence-corrected chi connectivity index (χ1v) is 12.1. The number of benzene rings is 2. The zero-order chi connectivity index (χ0) is 23.7. The van der Waals surface area contributed by atoms with Gasteiger partial charge in [-0.1, -0.05) is 47.7 Å². The van der Waals surface area contributed by atoms with Crippen molar-refractivity contribution in [1.82, 2.24) is 19.7 Å². The zero-order valence-corrected chi connectivity index (χ0v) is 20.0. The van der Waals surface area contributed by atoms with Crippen molar-refractivity contribution in [2.75, 3.05) is 11.9 Å². The van der Waals surface area contributed by atoms with E-state index in [2.05, 4.69) is 25.5 Å². The second kappa shape index (κ2) is 9.24. The molecule has 170 valence electrons. The molecule has 2 N–H and O–H groups in total. The Kier molecular flexibility index (Phi) is 5.99. The van der Waals surface area contributed by atoms with Crippen molar-refractivity contribution in [2.24, 2.45) is 4.99 Å². The van der Waals surface area contributed by atoms with Gasteiger partial charge in [-0.3, -0.25) is 9.79 Å². The Bertz CT molecular complexity index is 1450. The van der Waals surface area contributed by atoms with E-state index in [1.54, 1.807) is 19.2 Å². The van der Waals surface area contributed by atoms with Gasteiger partial charge in [0, 0.05) is 23.0 Å². The molecule has 3 heterocycles. The van der Waals surface area contributed by atoms with Crippen LogP contribution in [-0.2, 0) is 4.79 Å². The summed E-state index contributed by atoms with van der Waals surface area (Å²) in [5, 5.41) is 22.7. The van der Waals surface area contributed by atoms with Crippen molar-refractivity contribution < 1.29 is 9.90 Å². The van der Waals surface area contributed by atoms with Gasteiger partial charge in [0.2, 0.25) is 16.1 Å². The van der Waals surface area contributed by atoms with Gasteiger partial charge in [-0.25, -0.2) is 9.55 Å². The number of rotatable bonds is 6. The van der Waals surface area contributed by atoms with Crippen molar-refractivity contribution >= 4 is 57.5 Å². The monoisotopic (exact) mass is 488 g/mol. The van der Waals surface area contributed by atoms with E-state index in [1.165, 1.54) is 15.9 Å². The molecule has 34 heavy (non-hydrogen) atoms. The third-order valence-electron chi connectivity index (χ3n) is 5.25. The van der Waals surface area contributed by atoms with E-state index < -0.39 is 0 Å². The molecule has 2 aromatic heterocycles. The summed E-state index contributed by atoms with van der Waals surface area (Å²) in [4.78, 5) is 21.3. The molecule has 0 aliphatic carbocycles. The Morgan fingerprint density at radius 3 is 2.79 bits per heavy atom. The summed E-state index contributed by atoms with van der Waals surface area (Å²) in [6.07, 6.45) is 3.56. The second-order valence-corrected chi connectivity index (χ2v) is 9.83. The van der Waals surface area contributed by atoms with Crippen molar-refractivity contribution in [1.29, 1.82) is 0 Å². The van der Waals surface area contributed by atoms with E-state index in [0.717, 1.165) is 39.8 Å². The van der Waals surface area contributed by atoms with E-state index in [9.17, 15) is 9.90 Å². The van der Waals surface area contributed by atoms with Crippen LogP contribution in [0.25, 0.3) is 16.8 Å². The number of nitrogens with zero attached hydrogens (tertiary/aromatic N) is 5. The van der Waals surface area contributed by atoms with E-state index in [1.807, 2.05) is 55.5 Å². The largest absolute Gasteiger partial charge is 0.493 e. The maximum Gasteiger partial charge on any atom is 0.225 e. The number of aliphatic imine (C=N–C) groups is 1. The van der Waals surface area contributed by atoms with Crippen LogP contribution in [0.3, 0.4) is 0 Å². The van der Waals surface area contributed by atoms with Crippen LogP contribution in [-0.4, -0.2) is 42.7 Å². The fourth-order valence-corrected chi connectivity index (χ4v) is 5.29. The predicted molar refractivity (Wildman–Crippen MR) is 136 cm³/mol. The highest BCUT2D eigenvalue weighted by Crippen LogP contribution is 2.35. The minimum Gasteiger partial charge on any atom is -0.493 e. The van der Waals surface area contributed by atoms with Crippen LogP contribution in [0, 0.1) is 13.8 Å². The number of aryl methyl sites for hydroxylation is 2. The lowest BCUT2D eigenvalue weighted by atomic mass is 10.1. The molecule has 0 radical (unpaired) electrons. The first kappa shape index (κ1) is 22.1. The third kappa shape index (κ3) is 4.37. The van der Waals surface area contributed by atoms with Crippen LogP contribution in [0.2, 0.25) is 0 Å². The minimum atomic E-state index is -0.0814. The lowest BCUT2D eigenvalue weighted by Gasteiger charge is -2.07. The molecular formula is C24H20N6O2S2. The fourth-order valence-electron chi connectivity index (χ4n) is 3.58. The van der Waals surface area contributed by atoms with E-state index in [4.69, 9.17) is 0 Å². The van der Waals surface area contributed by atoms with E-state index in [0.29, 0.717) is 21.0 Å².